The predicted octanol–water partition coefficient (Wildman–Crippen LogP) is 2.32. The number of carbonyl (C=O) groups is 1. The molecule has 0 spiro atoms. The van der Waals surface area contributed by atoms with E-state index in [1.807, 2.05) is 13.8 Å². The van der Waals surface area contributed by atoms with Crippen molar-refractivity contribution in [3.8, 4) is 0 Å². The number of rotatable bonds is 3. The van der Waals surface area contributed by atoms with Crippen molar-refractivity contribution in [2.45, 2.75) is 19.9 Å². The van der Waals surface area contributed by atoms with Crippen molar-refractivity contribution in [3.63, 3.8) is 0 Å². The summed E-state index contributed by atoms with van der Waals surface area (Å²) in [7, 11) is 0. The Kier molecular flexibility index (Phi) is 4.38. The molecule has 0 aromatic heterocycles. The van der Waals surface area contributed by atoms with Crippen LogP contribution in [0.1, 0.15) is 24.2 Å². The third-order valence-corrected chi connectivity index (χ3v) is 2.54. The number of halogens is 1. The Morgan fingerprint density at radius 3 is 2.50 bits per heavy atom. The average molecular weight is 239 g/mol. The zero-order valence-electron chi connectivity index (χ0n) is 9.33. The first-order valence-electron chi connectivity index (χ1n) is 5.02. The third kappa shape index (κ3) is 3.28. The SMILES string of the molecule is C/C=C(\N)C(C)NC(=O)c1ccc(Cl)cc1. The lowest BCUT2D eigenvalue weighted by atomic mass is 10.2. The molecule has 1 unspecified atom stereocenters. The van der Waals surface area contributed by atoms with Gasteiger partial charge in [-0.2, -0.15) is 0 Å². The normalized spacial score (nSPS) is 13.3. The average Bonchev–Trinajstić information content (AvgIpc) is 2.28. The first kappa shape index (κ1) is 12.6. The molecule has 1 rings (SSSR count). The minimum Gasteiger partial charge on any atom is -0.401 e. The predicted molar refractivity (Wildman–Crippen MR) is 66.3 cm³/mol. The standard InChI is InChI=1S/C12H15ClN2O/c1-3-11(14)8(2)15-12(16)9-4-6-10(13)7-5-9/h3-8H,14H2,1-2H3,(H,15,16)/b11-3-. The molecule has 3 N–H and O–H groups in total. The number of amides is 1. The Bertz CT molecular complexity index is 398. The van der Waals surface area contributed by atoms with Gasteiger partial charge in [0.1, 0.15) is 0 Å². The molecular weight excluding hydrogens is 224 g/mol. The first-order valence-corrected chi connectivity index (χ1v) is 5.40. The number of carbonyl (C=O) groups excluding carboxylic acids is 1. The molecule has 0 bridgehead atoms. The second kappa shape index (κ2) is 5.56. The van der Waals surface area contributed by atoms with Gasteiger partial charge >= 0.3 is 0 Å². The summed E-state index contributed by atoms with van der Waals surface area (Å²) in [5.41, 5.74) is 6.90. The van der Waals surface area contributed by atoms with Crippen molar-refractivity contribution in [2.75, 3.05) is 0 Å². The fourth-order valence-electron chi connectivity index (χ4n) is 1.21. The van der Waals surface area contributed by atoms with Crippen LogP contribution in [-0.2, 0) is 0 Å². The van der Waals surface area contributed by atoms with E-state index < -0.39 is 0 Å². The van der Waals surface area contributed by atoms with Gasteiger partial charge in [0.2, 0.25) is 0 Å². The van der Waals surface area contributed by atoms with Gasteiger partial charge in [-0.25, -0.2) is 0 Å². The van der Waals surface area contributed by atoms with E-state index in [0.717, 1.165) is 0 Å². The van der Waals surface area contributed by atoms with Gasteiger partial charge in [0.25, 0.3) is 5.91 Å². The summed E-state index contributed by atoms with van der Waals surface area (Å²) in [4.78, 5) is 11.7. The molecule has 4 heteroatoms. The maximum absolute atomic E-state index is 11.7. The second-order valence-electron chi connectivity index (χ2n) is 3.49. The van der Waals surface area contributed by atoms with Gasteiger partial charge in [-0.3, -0.25) is 4.79 Å². The van der Waals surface area contributed by atoms with Crippen LogP contribution in [0.4, 0.5) is 0 Å². The number of nitrogens with two attached hydrogens (primary N) is 1. The highest BCUT2D eigenvalue weighted by atomic mass is 35.5. The number of hydrogen-bond acceptors (Lipinski definition) is 2. The van der Waals surface area contributed by atoms with Gasteiger partial charge in [-0.1, -0.05) is 17.7 Å². The minimum atomic E-state index is -0.173. The van der Waals surface area contributed by atoms with Gasteiger partial charge < -0.3 is 11.1 Å². The van der Waals surface area contributed by atoms with Crippen molar-refractivity contribution >= 4 is 17.5 Å². The van der Waals surface area contributed by atoms with Gasteiger partial charge in [0, 0.05) is 16.3 Å². The lowest BCUT2D eigenvalue weighted by molar-refractivity contribution is 0.0945. The second-order valence-corrected chi connectivity index (χ2v) is 3.93. The molecule has 3 nitrogen and oxygen atoms in total. The molecule has 0 saturated carbocycles. The number of benzene rings is 1. The molecule has 0 aliphatic carbocycles. The Morgan fingerprint density at radius 2 is 2.00 bits per heavy atom. The highest BCUT2D eigenvalue weighted by Gasteiger charge is 2.10. The van der Waals surface area contributed by atoms with Crippen LogP contribution in [0.3, 0.4) is 0 Å². The fraction of sp³-hybridized carbons (Fsp3) is 0.250. The Morgan fingerprint density at radius 1 is 1.44 bits per heavy atom. The molecule has 0 fully saturated rings. The largest absolute Gasteiger partial charge is 0.401 e. The maximum atomic E-state index is 11.7. The molecule has 16 heavy (non-hydrogen) atoms. The van der Waals surface area contributed by atoms with Crippen molar-refractivity contribution in [1.82, 2.24) is 5.32 Å². The van der Waals surface area contributed by atoms with Crippen LogP contribution in [0.25, 0.3) is 0 Å². The van der Waals surface area contributed by atoms with Crippen LogP contribution >= 0.6 is 11.6 Å². The molecule has 1 atom stereocenters. The van der Waals surface area contributed by atoms with Gasteiger partial charge in [0.15, 0.2) is 0 Å². The summed E-state index contributed by atoms with van der Waals surface area (Å²) in [6, 6.07) is 6.54. The van der Waals surface area contributed by atoms with E-state index in [9.17, 15) is 4.79 Å². The fourth-order valence-corrected chi connectivity index (χ4v) is 1.34. The molecule has 0 saturated heterocycles. The lowest BCUT2D eigenvalue weighted by Crippen LogP contribution is -2.36. The summed E-state index contributed by atoms with van der Waals surface area (Å²) >= 11 is 5.73. The number of hydrogen-bond donors (Lipinski definition) is 2. The Labute approximate surface area is 100 Å². The summed E-state index contributed by atoms with van der Waals surface area (Å²) in [5.74, 6) is -0.158. The molecule has 1 aromatic rings. The van der Waals surface area contributed by atoms with Crippen molar-refractivity contribution in [2.24, 2.45) is 5.73 Å². The molecule has 1 amide bonds. The zero-order chi connectivity index (χ0) is 12.1. The summed E-state index contributed by atoms with van der Waals surface area (Å²) in [5, 5.41) is 3.40. The van der Waals surface area contributed by atoms with Crippen LogP contribution in [-0.4, -0.2) is 11.9 Å². The molecule has 0 aliphatic heterocycles. The minimum absolute atomic E-state index is 0.158. The molecule has 0 heterocycles. The van der Waals surface area contributed by atoms with Crippen molar-refractivity contribution in [3.05, 3.63) is 46.6 Å². The Hall–Kier alpha value is -1.48. The lowest BCUT2D eigenvalue weighted by Gasteiger charge is -2.14. The van der Waals surface area contributed by atoms with E-state index in [1.165, 1.54) is 0 Å². The topological polar surface area (TPSA) is 55.1 Å². The quantitative estimate of drug-likeness (QED) is 0.849. The van der Waals surface area contributed by atoms with E-state index in [-0.39, 0.29) is 11.9 Å². The monoisotopic (exact) mass is 238 g/mol. The van der Waals surface area contributed by atoms with E-state index >= 15 is 0 Å². The van der Waals surface area contributed by atoms with Crippen LogP contribution in [0.15, 0.2) is 36.0 Å². The highest BCUT2D eigenvalue weighted by molar-refractivity contribution is 6.30. The van der Waals surface area contributed by atoms with E-state index in [2.05, 4.69) is 5.32 Å². The first-order chi connectivity index (χ1) is 7.54. The van der Waals surface area contributed by atoms with E-state index in [4.69, 9.17) is 17.3 Å². The molecule has 0 radical (unpaired) electrons. The van der Waals surface area contributed by atoms with Crippen molar-refractivity contribution in [1.29, 1.82) is 0 Å². The smallest absolute Gasteiger partial charge is 0.251 e. The van der Waals surface area contributed by atoms with Crippen LogP contribution in [0.5, 0.6) is 0 Å². The molecule has 0 aliphatic rings. The van der Waals surface area contributed by atoms with E-state index in [0.29, 0.717) is 16.3 Å². The number of allylic oxidation sites excluding steroid dienone is 1. The highest BCUT2D eigenvalue weighted by Crippen LogP contribution is 2.09. The summed E-state index contributed by atoms with van der Waals surface area (Å²) < 4.78 is 0. The zero-order valence-corrected chi connectivity index (χ0v) is 10.1. The van der Waals surface area contributed by atoms with Crippen LogP contribution in [0, 0.1) is 0 Å². The van der Waals surface area contributed by atoms with Gasteiger partial charge in [0.05, 0.1) is 6.04 Å². The number of nitrogens with one attached hydrogen (secondary N) is 1. The van der Waals surface area contributed by atoms with Crippen LogP contribution < -0.4 is 11.1 Å². The molecular formula is C12H15ClN2O. The summed E-state index contributed by atoms with van der Waals surface area (Å²) in [6.45, 7) is 3.67. The van der Waals surface area contributed by atoms with E-state index in [1.54, 1.807) is 30.3 Å². The van der Waals surface area contributed by atoms with Crippen LogP contribution in [0.2, 0.25) is 5.02 Å². The van der Waals surface area contributed by atoms with Gasteiger partial charge in [-0.15, -0.1) is 0 Å². The Balaban J connectivity index is 2.69. The molecule has 86 valence electrons. The third-order valence-electron chi connectivity index (χ3n) is 2.29. The maximum Gasteiger partial charge on any atom is 0.251 e. The van der Waals surface area contributed by atoms with Gasteiger partial charge in [-0.05, 0) is 38.1 Å². The molecule has 1 aromatic carbocycles. The summed E-state index contributed by atoms with van der Waals surface area (Å²) in [6.07, 6.45) is 1.77. The van der Waals surface area contributed by atoms with Crippen molar-refractivity contribution < 1.29 is 4.79 Å².